The van der Waals surface area contributed by atoms with Crippen molar-refractivity contribution in [2.75, 3.05) is 20.2 Å². The molecule has 1 aliphatic carbocycles. The predicted octanol–water partition coefficient (Wildman–Crippen LogP) is 2.67. The number of ether oxygens (including phenoxy) is 1. The van der Waals surface area contributed by atoms with Crippen LogP contribution in [0.2, 0.25) is 0 Å². The Morgan fingerprint density at radius 1 is 1.10 bits per heavy atom. The minimum Gasteiger partial charge on any atom is -0.497 e. The summed E-state index contributed by atoms with van der Waals surface area (Å²) in [5, 5.41) is 3.80. The molecule has 2 aromatic rings. The molecule has 1 saturated carbocycles. The topological polar surface area (TPSA) is 81.5 Å². The largest absolute Gasteiger partial charge is 0.497 e. The van der Waals surface area contributed by atoms with Crippen LogP contribution in [0.4, 0.5) is 0 Å². The van der Waals surface area contributed by atoms with Crippen molar-refractivity contribution in [3.05, 3.63) is 36.0 Å². The highest BCUT2D eigenvalue weighted by Gasteiger charge is 2.44. The van der Waals surface area contributed by atoms with E-state index in [4.69, 9.17) is 4.74 Å². The maximum Gasteiger partial charge on any atom is 0.272 e. The Kier molecular flexibility index (Phi) is 5.38. The van der Waals surface area contributed by atoms with E-state index in [-0.39, 0.29) is 24.2 Å². The van der Waals surface area contributed by atoms with Crippen LogP contribution in [0.15, 0.2) is 30.3 Å². The molecule has 1 amide bonds. The summed E-state index contributed by atoms with van der Waals surface area (Å²) in [6, 6.07) is 9.26. The molecule has 156 valence electrons. The summed E-state index contributed by atoms with van der Waals surface area (Å²) >= 11 is 0. The second-order valence-corrected chi connectivity index (χ2v) is 10.5. The highest BCUT2D eigenvalue weighted by molar-refractivity contribution is 7.92. The molecule has 0 radical (unpaired) electrons. The maximum absolute atomic E-state index is 12.9. The van der Waals surface area contributed by atoms with Gasteiger partial charge in [-0.2, -0.15) is 5.10 Å². The van der Waals surface area contributed by atoms with Crippen LogP contribution in [0, 0.1) is 0 Å². The quantitative estimate of drug-likeness (QED) is 0.747. The fourth-order valence-electron chi connectivity index (χ4n) is 4.23. The number of hydrogen-bond donors (Lipinski definition) is 0. The number of sulfone groups is 1. The molecule has 4 rings (SSSR count). The first-order chi connectivity index (χ1) is 13.9. The first kappa shape index (κ1) is 19.9. The number of benzene rings is 1. The van der Waals surface area contributed by atoms with Crippen molar-refractivity contribution in [2.24, 2.45) is 7.05 Å². The van der Waals surface area contributed by atoms with Crippen LogP contribution in [0.25, 0.3) is 11.3 Å². The number of nitrogens with zero attached hydrogens (tertiary/aromatic N) is 3. The number of hydrogen-bond acceptors (Lipinski definition) is 5. The van der Waals surface area contributed by atoms with E-state index < -0.39 is 15.1 Å². The van der Waals surface area contributed by atoms with Crippen molar-refractivity contribution in [1.29, 1.82) is 0 Å². The SMILES string of the molecule is COc1cccc(-c2cc(C(=O)N3CC(S(=O)(=O)C4CCCCC4)C3)n(C)n2)c1. The van der Waals surface area contributed by atoms with E-state index in [0.29, 0.717) is 11.4 Å². The fraction of sp³-hybridized carbons (Fsp3) is 0.524. The van der Waals surface area contributed by atoms with Crippen molar-refractivity contribution in [3.8, 4) is 17.0 Å². The second kappa shape index (κ2) is 7.82. The van der Waals surface area contributed by atoms with Gasteiger partial charge < -0.3 is 9.64 Å². The van der Waals surface area contributed by atoms with Gasteiger partial charge in [0.2, 0.25) is 0 Å². The molecule has 0 N–H and O–H groups in total. The molecule has 2 heterocycles. The van der Waals surface area contributed by atoms with E-state index in [1.54, 1.807) is 29.8 Å². The monoisotopic (exact) mass is 417 g/mol. The van der Waals surface area contributed by atoms with Gasteiger partial charge in [-0.1, -0.05) is 31.4 Å². The van der Waals surface area contributed by atoms with Gasteiger partial charge in [0.15, 0.2) is 9.84 Å². The Morgan fingerprint density at radius 3 is 2.52 bits per heavy atom. The zero-order valence-electron chi connectivity index (χ0n) is 16.9. The lowest BCUT2D eigenvalue weighted by Gasteiger charge is -2.40. The number of carbonyl (C=O) groups is 1. The van der Waals surface area contributed by atoms with Gasteiger partial charge in [-0.25, -0.2) is 8.42 Å². The van der Waals surface area contributed by atoms with E-state index in [1.807, 2.05) is 24.3 Å². The van der Waals surface area contributed by atoms with Gasteiger partial charge in [0.05, 0.1) is 23.3 Å². The first-order valence-corrected chi connectivity index (χ1v) is 11.7. The molecule has 1 saturated heterocycles. The average molecular weight is 418 g/mol. The minimum absolute atomic E-state index is 0.177. The Hall–Kier alpha value is -2.35. The summed E-state index contributed by atoms with van der Waals surface area (Å²) in [6.07, 6.45) is 4.62. The average Bonchev–Trinajstić information content (AvgIpc) is 3.09. The van der Waals surface area contributed by atoms with Gasteiger partial charge in [0, 0.05) is 25.7 Å². The number of carbonyl (C=O) groups excluding carboxylic acids is 1. The van der Waals surface area contributed by atoms with E-state index in [0.717, 1.165) is 43.4 Å². The number of rotatable bonds is 5. The van der Waals surface area contributed by atoms with Crippen LogP contribution >= 0.6 is 0 Å². The van der Waals surface area contributed by atoms with Crippen LogP contribution in [0.1, 0.15) is 42.6 Å². The van der Waals surface area contributed by atoms with E-state index in [2.05, 4.69) is 5.10 Å². The standard InChI is InChI=1S/C21H27N3O4S/c1-23-20(12-19(22-23)15-7-6-8-16(11-15)28-2)21(25)24-13-18(14-24)29(26,27)17-9-4-3-5-10-17/h6-8,11-12,17-18H,3-5,9-10,13-14H2,1-2H3. The van der Waals surface area contributed by atoms with E-state index in [1.165, 1.54) is 0 Å². The molecule has 1 aromatic heterocycles. The van der Waals surface area contributed by atoms with Crippen LogP contribution in [-0.2, 0) is 16.9 Å². The Morgan fingerprint density at radius 2 is 1.83 bits per heavy atom. The van der Waals surface area contributed by atoms with Crippen LogP contribution < -0.4 is 4.74 Å². The van der Waals surface area contributed by atoms with Gasteiger partial charge in [0.25, 0.3) is 5.91 Å². The van der Waals surface area contributed by atoms with Gasteiger partial charge >= 0.3 is 0 Å². The molecule has 1 aliphatic heterocycles. The maximum atomic E-state index is 12.9. The van der Waals surface area contributed by atoms with Crippen molar-refractivity contribution in [2.45, 2.75) is 42.6 Å². The van der Waals surface area contributed by atoms with Gasteiger partial charge in [-0.05, 0) is 31.0 Å². The van der Waals surface area contributed by atoms with Gasteiger partial charge in [0.1, 0.15) is 11.4 Å². The highest BCUT2D eigenvalue weighted by Crippen LogP contribution is 2.31. The lowest BCUT2D eigenvalue weighted by molar-refractivity contribution is 0.0646. The summed E-state index contributed by atoms with van der Waals surface area (Å²) in [4.78, 5) is 14.5. The van der Waals surface area contributed by atoms with E-state index >= 15 is 0 Å². The van der Waals surface area contributed by atoms with Crippen molar-refractivity contribution >= 4 is 15.7 Å². The van der Waals surface area contributed by atoms with Crippen LogP contribution in [0.5, 0.6) is 5.75 Å². The van der Waals surface area contributed by atoms with Gasteiger partial charge in [-0.3, -0.25) is 9.48 Å². The molecule has 2 aliphatic rings. The lowest BCUT2D eigenvalue weighted by atomic mass is 10.0. The van der Waals surface area contributed by atoms with Crippen molar-refractivity contribution < 1.29 is 17.9 Å². The van der Waals surface area contributed by atoms with Crippen LogP contribution in [0.3, 0.4) is 0 Å². The smallest absolute Gasteiger partial charge is 0.272 e. The van der Waals surface area contributed by atoms with Crippen molar-refractivity contribution in [3.63, 3.8) is 0 Å². The number of methoxy groups -OCH3 is 1. The lowest BCUT2D eigenvalue weighted by Crippen LogP contribution is -2.59. The number of aryl methyl sites for hydroxylation is 1. The summed E-state index contributed by atoms with van der Waals surface area (Å²) in [5.41, 5.74) is 2.00. The van der Waals surface area contributed by atoms with Crippen LogP contribution in [-0.4, -0.2) is 59.7 Å². The molecule has 0 unspecified atom stereocenters. The zero-order valence-corrected chi connectivity index (χ0v) is 17.7. The molecule has 29 heavy (non-hydrogen) atoms. The summed E-state index contributed by atoms with van der Waals surface area (Å²) in [6.45, 7) is 0.550. The fourth-order valence-corrected chi connectivity index (χ4v) is 6.54. The highest BCUT2D eigenvalue weighted by atomic mass is 32.2. The minimum atomic E-state index is -3.16. The molecular formula is C21H27N3O4S. The third kappa shape index (κ3) is 3.77. The molecule has 7 nitrogen and oxygen atoms in total. The molecule has 1 aromatic carbocycles. The molecule has 0 spiro atoms. The summed E-state index contributed by atoms with van der Waals surface area (Å²) in [5.74, 6) is 0.545. The first-order valence-electron chi connectivity index (χ1n) is 10.1. The molecule has 0 atom stereocenters. The second-order valence-electron chi connectivity index (χ2n) is 7.95. The Bertz CT molecular complexity index is 1000. The van der Waals surface area contributed by atoms with E-state index in [9.17, 15) is 13.2 Å². The molecule has 8 heteroatoms. The number of likely N-dealkylation sites (tertiary alicyclic amines) is 1. The predicted molar refractivity (Wildman–Crippen MR) is 111 cm³/mol. The third-order valence-electron chi connectivity index (χ3n) is 6.08. The van der Waals surface area contributed by atoms with Gasteiger partial charge in [-0.15, -0.1) is 0 Å². The Balaban J connectivity index is 1.45. The summed E-state index contributed by atoms with van der Waals surface area (Å²) in [7, 11) is 0.175. The number of aromatic nitrogens is 2. The summed E-state index contributed by atoms with van der Waals surface area (Å²) < 4.78 is 32.5. The Labute approximate surface area is 171 Å². The number of amides is 1. The zero-order chi connectivity index (χ0) is 20.6. The molecule has 2 fully saturated rings. The normalized spacial score (nSPS) is 18.5. The molecular weight excluding hydrogens is 390 g/mol. The van der Waals surface area contributed by atoms with Crippen molar-refractivity contribution in [1.82, 2.24) is 14.7 Å². The molecule has 0 bridgehead atoms. The third-order valence-corrected chi connectivity index (χ3v) is 8.71.